The van der Waals surface area contributed by atoms with Gasteiger partial charge in [-0.1, -0.05) is 36.4 Å². The summed E-state index contributed by atoms with van der Waals surface area (Å²) in [7, 11) is 0. The normalized spacial score (nSPS) is 12.8. The van der Waals surface area contributed by atoms with E-state index in [0.29, 0.717) is 23.4 Å². The number of ether oxygens (including phenoxy) is 1. The number of anilines is 1. The number of amides is 3. The zero-order valence-electron chi connectivity index (χ0n) is 24.4. The quantitative estimate of drug-likeness (QED) is 0.356. The van der Waals surface area contributed by atoms with E-state index in [-0.39, 0.29) is 13.2 Å². The number of nitrogens with one attached hydrogen (secondary N) is 2. The molecule has 214 valence electrons. The maximum atomic E-state index is 14.1. The summed E-state index contributed by atoms with van der Waals surface area (Å²) in [5.41, 5.74) is 4.23. The summed E-state index contributed by atoms with van der Waals surface area (Å²) < 4.78 is 5.41. The summed E-state index contributed by atoms with van der Waals surface area (Å²) >= 11 is 1.54. The Kier molecular flexibility index (Phi) is 11.9. The molecule has 3 N–H and O–H groups in total. The number of carbonyl (C=O) groups is 3. The summed E-state index contributed by atoms with van der Waals surface area (Å²) in [6, 6.07) is 9.38. The van der Waals surface area contributed by atoms with Crippen molar-refractivity contribution in [2.75, 3.05) is 30.5 Å². The summed E-state index contributed by atoms with van der Waals surface area (Å²) in [6.07, 6.45) is 1.53. The molecule has 0 bridgehead atoms. The smallest absolute Gasteiger partial charge is 0.408 e. The number of rotatable bonds is 11. The van der Waals surface area contributed by atoms with Crippen LogP contribution in [0.2, 0.25) is 0 Å². The lowest BCUT2D eigenvalue weighted by Gasteiger charge is -2.35. The van der Waals surface area contributed by atoms with E-state index in [1.807, 2.05) is 70.3 Å². The summed E-state index contributed by atoms with van der Waals surface area (Å²) in [4.78, 5) is 42.2. The van der Waals surface area contributed by atoms with Gasteiger partial charge in [0.25, 0.3) is 5.91 Å². The molecule has 0 fully saturated rings. The van der Waals surface area contributed by atoms with Crippen LogP contribution in [0.4, 0.5) is 10.5 Å². The zero-order chi connectivity index (χ0) is 29.3. The molecule has 0 aliphatic rings. The molecular formula is C30H43N3O5S. The lowest BCUT2D eigenvalue weighted by atomic mass is 9.94. The third-order valence-corrected chi connectivity index (χ3v) is 7.10. The third-order valence-electron chi connectivity index (χ3n) is 6.45. The molecule has 0 saturated heterocycles. The van der Waals surface area contributed by atoms with E-state index in [1.54, 1.807) is 32.5 Å². The molecule has 0 saturated carbocycles. The largest absolute Gasteiger partial charge is 0.444 e. The predicted molar refractivity (Wildman–Crippen MR) is 158 cm³/mol. The van der Waals surface area contributed by atoms with Gasteiger partial charge in [0, 0.05) is 12.2 Å². The molecule has 39 heavy (non-hydrogen) atoms. The van der Waals surface area contributed by atoms with E-state index in [4.69, 9.17) is 4.74 Å². The second-order valence-electron chi connectivity index (χ2n) is 10.7. The van der Waals surface area contributed by atoms with Gasteiger partial charge in [-0.25, -0.2) is 4.79 Å². The van der Waals surface area contributed by atoms with Gasteiger partial charge < -0.3 is 25.4 Å². The highest BCUT2D eigenvalue weighted by Crippen LogP contribution is 2.30. The van der Waals surface area contributed by atoms with Gasteiger partial charge in [0.05, 0.1) is 6.61 Å². The van der Waals surface area contributed by atoms with Crippen molar-refractivity contribution < 1.29 is 24.2 Å². The Morgan fingerprint density at radius 3 is 2.15 bits per heavy atom. The number of aliphatic hydroxyl groups excluding tert-OH is 1. The molecule has 2 aromatic carbocycles. The highest BCUT2D eigenvalue weighted by atomic mass is 32.2. The second-order valence-corrected chi connectivity index (χ2v) is 11.7. The molecule has 8 nitrogen and oxygen atoms in total. The lowest BCUT2D eigenvalue weighted by molar-refractivity contribution is -0.141. The fourth-order valence-electron chi connectivity index (χ4n) is 4.34. The molecule has 9 heteroatoms. The average Bonchev–Trinajstić information content (AvgIpc) is 2.84. The molecule has 2 unspecified atom stereocenters. The first kappa shape index (κ1) is 32.2. The lowest BCUT2D eigenvalue weighted by Crippen LogP contribution is -2.53. The van der Waals surface area contributed by atoms with Crippen LogP contribution in [0.3, 0.4) is 0 Å². The molecule has 3 amide bonds. The minimum Gasteiger partial charge on any atom is -0.444 e. The number of benzene rings is 2. The van der Waals surface area contributed by atoms with Gasteiger partial charge in [-0.05, 0) is 94.7 Å². The number of alkyl carbamates (subject to hydrolysis) is 1. The molecule has 2 atom stereocenters. The minimum absolute atomic E-state index is 0.0944. The fourth-order valence-corrected chi connectivity index (χ4v) is 4.81. The monoisotopic (exact) mass is 557 g/mol. The Morgan fingerprint density at radius 1 is 1.00 bits per heavy atom. The van der Waals surface area contributed by atoms with Crippen molar-refractivity contribution in [2.45, 2.75) is 72.6 Å². The van der Waals surface area contributed by atoms with Crippen LogP contribution in [-0.4, -0.2) is 64.7 Å². The van der Waals surface area contributed by atoms with Crippen molar-refractivity contribution in [3.05, 3.63) is 64.2 Å². The summed E-state index contributed by atoms with van der Waals surface area (Å²) in [6.45, 7) is 12.5. The van der Waals surface area contributed by atoms with Gasteiger partial charge >= 0.3 is 6.09 Å². The van der Waals surface area contributed by atoms with Gasteiger partial charge in [0.1, 0.15) is 17.7 Å². The maximum absolute atomic E-state index is 14.1. The van der Waals surface area contributed by atoms with Crippen molar-refractivity contribution in [2.24, 2.45) is 0 Å². The average molecular weight is 558 g/mol. The van der Waals surface area contributed by atoms with E-state index in [0.717, 1.165) is 22.3 Å². The van der Waals surface area contributed by atoms with Crippen LogP contribution in [0.25, 0.3) is 0 Å². The van der Waals surface area contributed by atoms with Crippen LogP contribution in [0.1, 0.15) is 61.1 Å². The Hall–Kier alpha value is -3.04. The number of nitrogens with zero attached hydrogens (tertiary/aromatic N) is 1. The van der Waals surface area contributed by atoms with E-state index < -0.39 is 35.6 Å². The Balaban J connectivity index is 2.58. The number of aryl methyl sites for hydroxylation is 3. The van der Waals surface area contributed by atoms with Crippen LogP contribution >= 0.6 is 11.8 Å². The van der Waals surface area contributed by atoms with Crippen LogP contribution in [0.5, 0.6) is 0 Å². The van der Waals surface area contributed by atoms with Gasteiger partial charge in [-0.3, -0.25) is 9.59 Å². The number of para-hydroxylation sites is 1. The van der Waals surface area contributed by atoms with Gasteiger partial charge in [0.15, 0.2) is 0 Å². The molecule has 2 rings (SSSR count). The summed E-state index contributed by atoms with van der Waals surface area (Å²) in [5, 5.41) is 15.8. The minimum atomic E-state index is -1.04. The van der Waals surface area contributed by atoms with Gasteiger partial charge in [-0.2, -0.15) is 11.8 Å². The molecule has 0 heterocycles. The molecule has 0 radical (unpaired) electrons. The topological polar surface area (TPSA) is 108 Å². The maximum Gasteiger partial charge on any atom is 0.408 e. The van der Waals surface area contributed by atoms with Crippen molar-refractivity contribution in [1.29, 1.82) is 0 Å². The molecule has 2 aromatic rings. The number of aliphatic hydroxyl groups is 1. The Morgan fingerprint density at radius 2 is 1.59 bits per heavy atom. The van der Waals surface area contributed by atoms with Crippen molar-refractivity contribution in [3.63, 3.8) is 0 Å². The summed E-state index contributed by atoms with van der Waals surface area (Å²) in [5.74, 6) is -0.266. The van der Waals surface area contributed by atoms with Crippen LogP contribution < -0.4 is 10.6 Å². The number of hydrogen-bond acceptors (Lipinski definition) is 6. The predicted octanol–water partition coefficient (Wildman–Crippen LogP) is 5.07. The van der Waals surface area contributed by atoms with E-state index >= 15 is 0 Å². The SMILES string of the molecule is CSCCC(NC(=O)OC(C)(C)C)C(=O)N(CCO)C(C(=O)Nc1c(C)cccc1C)c1cccc(C)c1C. The fraction of sp³-hybridized carbons (Fsp3) is 0.500. The molecule has 0 aromatic heterocycles. The Labute approximate surface area is 236 Å². The van der Waals surface area contributed by atoms with E-state index in [1.165, 1.54) is 4.90 Å². The molecule has 0 spiro atoms. The first-order chi connectivity index (χ1) is 18.3. The van der Waals surface area contributed by atoms with Crippen molar-refractivity contribution in [3.8, 4) is 0 Å². The highest BCUT2D eigenvalue weighted by Gasteiger charge is 2.37. The third kappa shape index (κ3) is 9.00. The van der Waals surface area contributed by atoms with Crippen LogP contribution in [0.15, 0.2) is 36.4 Å². The zero-order valence-corrected chi connectivity index (χ0v) is 25.2. The highest BCUT2D eigenvalue weighted by molar-refractivity contribution is 7.98. The van der Waals surface area contributed by atoms with Crippen molar-refractivity contribution >= 4 is 35.4 Å². The molecular weight excluding hydrogens is 514 g/mol. The first-order valence-electron chi connectivity index (χ1n) is 13.1. The van der Waals surface area contributed by atoms with Crippen LogP contribution in [0, 0.1) is 27.7 Å². The Bertz CT molecular complexity index is 1140. The van der Waals surface area contributed by atoms with E-state index in [2.05, 4.69) is 10.6 Å². The van der Waals surface area contributed by atoms with Gasteiger partial charge in [-0.15, -0.1) is 0 Å². The van der Waals surface area contributed by atoms with Gasteiger partial charge in [0.2, 0.25) is 5.91 Å². The molecule has 0 aliphatic carbocycles. The van der Waals surface area contributed by atoms with Crippen molar-refractivity contribution in [1.82, 2.24) is 10.2 Å². The number of carbonyl (C=O) groups excluding carboxylic acids is 3. The second kappa shape index (κ2) is 14.4. The van der Waals surface area contributed by atoms with E-state index in [9.17, 15) is 19.5 Å². The number of hydrogen-bond donors (Lipinski definition) is 3. The standard InChI is InChI=1S/C30H43N3O5S/c1-19-11-10-14-23(22(19)4)26(27(35)32-25-20(2)12-9-13-21(25)3)33(16-17-34)28(36)24(15-18-39-8)31-29(37)38-30(5,6)7/h9-14,24,26,34H,15-18H2,1-8H3,(H,31,37)(H,32,35). The van der Waals surface area contributed by atoms with Crippen LogP contribution in [-0.2, 0) is 14.3 Å². The number of thioether (sulfide) groups is 1. The first-order valence-corrected chi connectivity index (χ1v) is 14.5. The molecule has 0 aliphatic heterocycles.